The van der Waals surface area contributed by atoms with Crippen LogP contribution in [0.15, 0.2) is 48.3 Å². The van der Waals surface area contributed by atoms with Crippen LogP contribution in [-0.4, -0.2) is 25.0 Å². The van der Waals surface area contributed by atoms with Gasteiger partial charge in [-0.05, 0) is 44.2 Å². The summed E-state index contributed by atoms with van der Waals surface area (Å²) in [6, 6.07) is 6.69. The van der Waals surface area contributed by atoms with Crippen LogP contribution in [0.2, 0.25) is 5.02 Å². The summed E-state index contributed by atoms with van der Waals surface area (Å²) >= 11 is 5.85. The molecule has 0 aliphatic rings. The van der Waals surface area contributed by atoms with E-state index in [0.717, 1.165) is 0 Å². The van der Waals surface area contributed by atoms with E-state index in [1.54, 1.807) is 37.3 Å². The van der Waals surface area contributed by atoms with Crippen LogP contribution in [-0.2, 0) is 14.3 Å². The van der Waals surface area contributed by atoms with E-state index in [0.29, 0.717) is 29.6 Å². The molecule has 5 heteroatoms. The van der Waals surface area contributed by atoms with Crippen LogP contribution in [0, 0.1) is 0 Å². The first-order chi connectivity index (χ1) is 10.6. The molecule has 0 atom stereocenters. The average Bonchev–Trinajstić information content (AvgIpc) is 2.50. The smallest absolute Gasteiger partial charge is 0.309 e. The normalized spacial score (nSPS) is 11.5. The fourth-order valence-corrected chi connectivity index (χ4v) is 1.83. The molecule has 0 spiro atoms. The Bertz CT molecular complexity index is 576. The highest BCUT2D eigenvalue weighted by atomic mass is 35.5. The van der Waals surface area contributed by atoms with Gasteiger partial charge in [-0.2, -0.15) is 0 Å². The quantitative estimate of drug-likeness (QED) is 0.239. The molecular weight excluding hydrogens is 304 g/mol. The number of hydrogen-bond donors (Lipinski definition) is 0. The Kier molecular flexibility index (Phi) is 8.00. The predicted octanol–water partition coefficient (Wildman–Crippen LogP) is 3.95. The van der Waals surface area contributed by atoms with Crippen LogP contribution < -0.4 is 0 Å². The summed E-state index contributed by atoms with van der Waals surface area (Å²) in [5.74, 6) is -0.0792. The molecule has 0 bridgehead atoms. The zero-order chi connectivity index (χ0) is 16.4. The predicted molar refractivity (Wildman–Crippen MR) is 85.9 cm³/mol. The fraction of sp³-hybridized carbons (Fsp3) is 0.294. The van der Waals surface area contributed by atoms with Crippen molar-refractivity contribution in [2.45, 2.75) is 20.3 Å². The second-order valence-corrected chi connectivity index (χ2v) is 4.69. The topological polar surface area (TPSA) is 52.6 Å². The van der Waals surface area contributed by atoms with Gasteiger partial charge in [0, 0.05) is 10.6 Å². The molecule has 0 radical (unpaired) electrons. The molecule has 22 heavy (non-hydrogen) atoms. The first kappa shape index (κ1) is 18.0. The number of hydrogen-bond acceptors (Lipinski definition) is 4. The minimum Gasteiger partial charge on any atom is -0.494 e. The Morgan fingerprint density at radius 1 is 1.14 bits per heavy atom. The second-order valence-electron chi connectivity index (χ2n) is 4.26. The van der Waals surface area contributed by atoms with Crippen LogP contribution in [0.3, 0.4) is 0 Å². The molecular formula is C17H19ClO4. The third-order valence-electron chi connectivity index (χ3n) is 2.59. The van der Waals surface area contributed by atoms with Crippen molar-refractivity contribution in [3.63, 3.8) is 0 Å². The zero-order valence-electron chi connectivity index (χ0n) is 12.7. The standard InChI is InChI=1S/C17H19ClO4/c1-3-21-15(9-11-17(20)22-4-2)8-10-16(19)13-6-5-7-14(18)12-13/h5-10,12H,3-4,11H2,1-2H3. The van der Waals surface area contributed by atoms with E-state index < -0.39 is 0 Å². The Morgan fingerprint density at radius 2 is 1.86 bits per heavy atom. The van der Waals surface area contributed by atoms with Gasteiger partial charge in [0.1, 0.15) is 5.76 Å². The van der Waals surface area contributed by atoms with Gasteiger partial charge in [-0.1, -0.05) is 23.7 Å². The van der Waals surface area contributed by atoms with Gasteiger partial charge in [0.15, 0.2) is 5.78 Å². The molecule has 0 heterocycles. The summed E-state index contributed by atoms with van der Waals surface area (Å²) < 4.78 is 10.2. The molecule has 0 saturated carbocycles. The lowest BCUT2D eigenvalue weighted by atomic mass is 10.1. The lowest BCUT2D eigenvalue weighted by molar-refractivity contribution is -0.142. The molecule has 0 fully saturated rings. The number of ether oxygens (including phenoxy) is 2. The van der Waals surface area contributed by atoms with Gasteiger partial charge in [-0.3, -0.25) is 9.59 Å². The molecule has 1 rings (SSSR count). The summed E-state index contributed by atoms with van der Waals surface area (Å²) in [7, 11) is 0. The van der Waals surface area contributed by atoms with Crippen molar-refractivity contribution >= 4 is 23.4 Å². The lowest BCUT2D eigenvalue weighted by Crippen LogP contribution is -2.02. The number of rotatable bonds is 8. The minimum absolute atomic E-state index is 0.0961. The molecule has 1 aromatic rings. The van der Waals surface area contributed by atoms with E-state index in [2.05, 4.69) is 0 Å². The van der Waals surface area contributed by atoms with Gasteiger partial charge in [0.2, 0.25) is 0 Å². The van der Waals surface area contributed by atoms with E-state index in [1.807, 2.05) is 6.92 Å². The summed E-state index contributed by atoms with van der Waals surface area (Å²) in [5.41, 5.74) is 0.491. The number of allylic oxidation sites excluding steroid dienone is 2. The second kappa shape index (κ2) is 9.79. The number of carbonyl (C=O) groups is 2. The molecule has 0 aromatic heterocycles. The molecule has 0 aliphatic heterocycles. The summed E-state index contributed by atoms with van der Waals surface area (Å²) in [6.07, 6.45) is 4.60. The van der Waals surface area contributed by atoms with Crippen LogP contribution in [0.25, 0.3) is 0 Å². The van der Waals surface area contributed by atoms with Crippen molar-refractivity contribution < 1.29 is 19.1 Å². The van der Waals surface area contributed by atoms with E-state index in [-0.39, 0.29) is 18.2 Å². The fourth-order valence-electron chi connectivity index (χ4n) is 1.64. The summed E-state index contributed by atoms with van der Waals surface area (Å²) in [4.78, 5) is 23.3. The zero-order valence-corrected chi connectivity index (χ0v) is 13.4. The Balaban J connectivity index is 2.74. The average molecular weight is 323 g/mol. The Morgan fingerprint density at radius 3 is 2.50 bits per heavy atom. The minimum atomic E-state index is -0.339. The third kappa shape index (κ3) is 6.59. The molecule has 0 amide bonds. The Labute approximate surface area is 135 Å². The van der Waals surface area contributed by atoms with E-state index in [1.165, 1.54) is 12.2 Å². The van der Waals surface area contributed by atoms with Gasteiger partial charge in [0.05, 0.1) is 19.6 Å². The highest BCUT2D eigenvalue weighted by molar-refractivity contribution is 6.31. The largest absolute Gasteiger partial charge is 0.494 e. The van der Waals surface area contributed by atoms with Crippen LogP contribution in [0.4, 0.5) is 0 Å². The van der Waals surface area contributed by atoms with Gasteiger partial charge >= 0.3 is 5.97 Å². The number of halogens is 1. The van der Waals surface area contributed by atoms with E-state index in [4.69, 9.17) is 21.1 Å². The van der Waals surface area contributed by atoms with Crippen LogP contribution in [0.5, 0.6) is 0 Å². The third-order valence-corrected chi connectivity index (χ3v) is 2.83. The molecule has 0 N–H and O–H groups in total. The van der Waals surface area contributed by atoms with E-state index >= 15 is 0 Å². The highest BCUT2D eigenvalue weighted by Gasteiger charge is 2.04. The number of ketones is 1. The van der Waals surface area contributed by atoms with Crippen molar-refractivity contribution in [2.75, 3.05) is 13.2 Å². The van der Waals surface area contributed by atoms with Gasteiger partial charge < -0.3 is 9.47 Å². The summed E-state index contributed by atoms with van der Waals surface area (Å²) in [6.45, 7) is 4.34. The maximum atomic E-state index is 12.0. The number of benzene rings is 1. The van der Waals surface area contributed by atoms with E-state index in [9.17, 15) is 9.59 Å². The monoisotopic (exact) mass is 322 g/mol. The van der Waals surface area contributed by atoms with Gasteiger partial charge in [0.25, 0.3) is 0 Å². The maximum absolute atomic E-state index is 12.0. The van der Waals surface area contributed by atoms with Gasteiger partial charge in [-0.25, -0.2) is 0 Å². The molecule has 4 nitrogen and oxygen atoms in total. The van der Waals surface area contributed by atoms with Crippen molar-refractivity contribution in [3.05, 3.63) is 58.8 Å². The first-order valence-electron chi connectivity index (χ1n) is 7.03. The SMILES string of the molecule is CCOC(=O)CC=C(C=CC(=O)c1cccc(Cl)c1)OCC. The highest BCUT2D eigenvalue weighted by Crippen LogP contribution is 2.12. The molecule has 118 valence electrons. The molecule has 1 aromatic carbocycles. The van der Waals surface area contributed by atoms with Crippen molar-refractivity contribution in [1.82, 2.24) is 0 Å². The Hall–Kier alpha value is -2.07. The van der Waals surface area contributed by atoms with Crippen molar-refractivity contribution in [2.24, 2.45) is 0 Å². The maximum Gasteiger partial charge on any atom is 0.309 e. The molecule has 0 unspecified atom stereocenters. The van der Waals surface area contributed by atoms with Gasteiger partial charge in [-0.15, -0.1) is 0 Å². The van der Waals surface area contributed by atoms with Crippen LogP contribution in [0.1, 0.15) is 30.6 Å². The summed E-state index contributed by atoms with van der Waals surface area (Å²) in [5, 5.41) is 0.502. The lowest BCUT2D eigenvalue weighted by Gasteiger charge is -2.04. The van der Waals surface area contributed by atoms with Crippen LogP contribution >= 0.6 is 11.6 Å². The van der Waals surface area contributed by atoms with Crippen molar-refractivity contribution in [1.29, 1.82) is 0 Å². The number of esters is 1. The first-order valence-corrected chi connectivity index (χ1v) is 7.41. The number of carbonyl (C=O) groups excluding carboxylic acids is 2. The molecule has 0 saturated heterocycles. The molecule has 0 aliphatic carbocycles. The van der Waals surface area contributed by atoms with Crippen molar-refractivity contribution in [3.8, 4) is 0 Å².